The zero-order chi connectivity index (χ0) is 21.3. The molecule has 1 fully saturated rings. The molecule has 3 rings (SSSR count). The summed E-state index contributed by atoms with van der Waals surface area (Å²) in [7, 11) is 0. The van der Waals surface area contributed by atoms with Gasteiger partial charge in [0.25, 0.3) is 0 Å². The van der Waals surface area contributed by atoms with E-state index in [0.717, 1.165) is 57.5 Å². The average Bonchev–Trinajstić information content (AvgIpc) is 2.74. The lowest BCUT2D eigenvalue weighted by molar-refractivity contribution is -0.116. The third-order valence-electron chi connectivity index (χ3n) is 5.73. The van der Waals surface area contributed by atoms with Gasteiger partial charge in [-0.15, -0.1) is 24.0 Å². The van der Waals surface area contributed by atoms with Gasteiger partial charge in [0.2, 0.25) is 5.91 Å². The maximum atomic E-state index is 12.1. The molecule has 2 aliphatic rings. The molecule has 1 saturated heterocycles. The fraction of sp³-hybridized carbons (Fsp3) is 0.652. The lowest BCUT2D eigenvalue weighted by Gasteiger charge is -2.34. The first-order chi connectivity index (χ1) is 14.6. The molecular weight excluding hydrogens is 505 g/mol. The number of aliphatic imine (C=N–C) groups is 1. The minimum Gasteiger partial charge on any atom is -0.379 e. The number of morpholine rings is 1. The Kier molecular flexibility index (Phi) is 11.0. The van der Waals surface area contributed by atoms with E-state index in [4.69, 9.17) is 9.73 Å². The number of hydrogen-bond acceptors (Lipinski definition) is 4. The molecular formula is C23H38IN5O2. The molecule has 2 unspecified atom stereocenters. The third kappa shape index (κ3) is 7.91. The van der Waals surface area contributed by atoms with Crippen molar-refractivity contribution in [3.8, 4) is 0 Å². The minimum atomic E-state index is 0. The van der Waals surface area contributed by atoms with Crippen molar-refractivity contribution < 1.29 is 9.53 Å². The summed E-state index contributed by atoms with van der Waals surface area (Å²) in [6.07, 6.45) is 1.62. The fourth-order valence-corrected chi connectivity index (χ4v) is 4.27. The number of rotatable bonds is 8. The van der Waals surface area contributed by atoms with Gasteiger partial charge in [0.05, 0.1) is 19.8 Å². The number of amides is 1. The van der Waals surface area contributed by atoms with E-state index in [1.54, 1.807) is 0 Å². The van der Waals surface area contributed by atoms with E-state index in [-0.39, 0.29) is 35.8 Å². The maximum absolute atomic E-state index is 12.1. The molecule has 1 aromatic rings. The predicted octanol–water partition coefficient (Wildman–Crippen LogP) is 3.03. The van der Waals surface area contributed by atoms with Crippen LogP contribution in [-0.4, -0.2) is 68.7 Å². The van der Waals surface area contributed by atoms with Gasteiger partial charge in [0.1, 0.15) is 0 Å². The van der Waals surface area contributed by atoms with Crippen LogP contribution in [-0.2, 0) is 9.53 Å². The normalized spacial score (nSPS) is 20.5. The smallest absolute Gasteiger partial charge is 0.225 e. The lowest BCUT2D eigenvalue weighted by Crippen LogP contribution is -2.46. The Morgan fingerprint density at radius 2 is 2.00 bits per heavy atom. The van der Waals surface area contributed by atoms with Crippen LogP contribution in [0.2, 0.25) is 0 Å². The van der Waals surface area contributed by atoms with E-state index in [2.05, 4.69) is 47.7 Å². The van der Waals surface area contributed by atoms with Crippen LogP contribution in [0, 0.1) is 5.92 Å². The molecule has 0 spiro atoms. The van der Waals surface area contributed by atoms with Gasteiger partial charge >= 0.3 is 0 Å². The van der Waals surface area contributed by atoms with Crippen molar-refractivity contribution in [2.45, 2.75) is 45.6 Å². The lowest BCUT2D eigenvalue weighted by atomic mass is 9.90. The number of para-hydroxylation sites is 1. The van der Waals surface area contributed by atoms with E-state index >= 15 is 0 Å². The van der Waals surface area contributed by atoms with Gasteiger partial charge in [-0.3, -0.25) is 14.7 Å². The van der Waals surface area contributed by atoms with Crippen LogP contribution in [0.5, 0.6) is 0 Å². The highest BCUT2D eigenvalue weighted by molar-refractivity contribution is 14.0. The molecule has 0 saturated carbocycles. The van der Waals surface area contributed by atoms with Crippen LogP contribution in [0.15, 0.2) is 29.3 Å². The number of guanidine groups is 1. The average molecular weight is 543 g/mol. The van der Waals surface area contributed by atoms with Crippen molar-refractivity contribution in [3.63, 3.8) is 0 Å². The second-order valence-electron chi connectivity index (χ2n) is 8.57. The zero-order valence-corrected chi connectivity index (χ0v) is 21.4. The van der Waals surface area contributed by atoms with Crippen molar-refractivity contribution in [2.24, 2.45) is 10.9 Å². The standard InChI is InChI=1S/C23H37N5O2.HI/c1-4-24-23(26-16-19(13-17(2)3)28-9-11-30-12-10-28)25-15-18-14-22(29)27-21-8-6-5-7-20(18)21;/h5-8,17-19H,4,9-16H2,1-3H3,(H,27,29)(H2,24,25,26);1H. The summed E-state index contributed by atoms with van der Waals surface area (Å²) in [6.45, 7) is 12.4. The quantitative estimate of drug-likeness (QED) is 0.267. The molecule has 0 radical (unpaired) electrons. The topological polar surface area (TPSA) is 78.0 Å². The first-order valence-corrected chi connectivity index (χ1v) is 11.3. The van der Waals surface area contributed by atoms with Gasteiger partial charge in [-0.05, 0) is 30.9 Å². The van der Waals surface area contributed by atoms with Crippen molar-refractivity contribution in [1.29, 1.82) is 0 Å². The summed E-state index contributed by atoms with van der Waals surface area (Å²) in [5, 5.41) is 9.81. The summed E-state index contributed by atoms with van der Waals surface area (Å²) in [5.41, 5.74) is 2.11. The highest BCUT2D eigenvalue weighted by Gasteiger charge is 2.25. The highest BCUT2D eigenvalue weighted by Crippen LogP contribution is 2.31. The van der Waals surface area contributed by atoms with Gasteiger partial charge < -0.3 is 20.7 Å². The molecule has 7 nitrogen and oxygen atoms in total. The summed E-state index contributed by atoms with van der Waals surface area (Å²) in [6, 6.07) is 8.48. The van der Waals surface area contributed by atoms with Gasteiger partial charge in [0, 0.05) is 50.2 Å². The van der Waals surface area contributed by atoms with E-state index in [1.165, 1.54) is 5.56 Å². The van der Waals surface area contributed by atoms with E-state index in [9.17, 15) is 4.79 Å². The molecule has 31 heavy (non-hydrogen) atoms. The maximum Gasteiger partial charge on any atom is 0.225 e. The fourth-order valence-electron chi connectivity index (χ4n) is 4.27. The predicted molar refractivity (Wildman–Crippen MR) is 137 cm³/mol. The number of hydrogen-bond donors (Lipinski definition) is 3. The molecule has 1 amide bonds. The number of halogens is 1. The highest BCUT2D eigenvalue weighted by atomic mass is 127. The van der Waals surface area contributed by atoms with Gasteiger partial charge in [-0.2, -0.15) is 0 Å². The first-order valence-electron chi connectivity index (χ1n) is 11.3. The van der Waals surface area contributed by atoms with Gasteiger partial charge in [-0.25, -0.2) is 0 Å². The molecule has 2 aliphatic heterocycles. The van der Waals surface area contributed by atoms with Crippen LogP contribution in [0.25, 0.3) is 0 Å². The van der Waals surface area contributed by atoms with Crippen LogP contribution in [0.4, 0.5) is 5.69 Å². The third-order valence-corrected chi connectivity index (χ3v) is 5.73. The Morgan fingerprint density at radius 3 is 2.71 bits per heavy atom. The zero-order valence-electron chi connectivity index (χ0n) is 19.0. The Labute approximate surface area is 203 Å². The SMILES string of the molecule is CCNC(=NCC(CC(C)C)N1CCOCC1)NCC1CC(=O)Nc2ccccc21.I. The molecule has 0 aliphatic carbocycles. The number of fused-ring (bicyclic) bond motifs is 1. The minimum absolute atomic E-state index is 0. The Balaban J connectivity index is 0.00000341. The van der Waals surface area contributed by atoms with Crippen LogP contribution < -0.4 is 16.0 Å². The number of benzene rings is 1. The molecule has 2 atom stereocenters. The number of nitrogens with one attached hydrogen (secondary N) is 3. The summed E-state index contributed by atoms with van der Waals surface area (Å²) < 4.78 is 5.53. The molecule has 0 aromatic heterocycles. The monoisotopic (exact) mass is 543 g/mol. The Morgan fingerprint density at radius 1 is 1.26 bits per heavy atom. The molecule has 0 bridgehead atoms. The number of ether oxygens (including phenoxy) is 1. The summed E-state index contributed by atoms with van der Waals surface area (Å²) >= 11 is 0. The largest absolute Gasteiger partial charge is 0.379 e. The number of nitrogens with zero attached hydrogens (tertiary/aromatic N) is 2. The second-order valence-corrected chi connectivity index (χ2v) is 8.57. The molecule has 2 heterocycles. The van der Waals surface area contributed by atoms with Gasteiger partial charge in [-0.1, -0.05) is 32.0 Å². The summed E-state index contributed by atoms with van der Waals surface area (Å²) in [4.78, 5) is 19.5. The van der Waals surface area contributed by atoms with Crippen molar-refractivity contribution in [2.75, 3.05) is 51.3 Å². The van der Waals surface area contributed by atoms with E-state index in [0.29, 0.717) is 24.9 Å². The Hall–Kier alpha value is -1.39. The van der Waals surface area contributed by atoms with Crippen molar-refractivity contribution in [1.82, 2.24) is 15.5 Å². The van der Waals surface area contributed by atoms with Crippen LogP contribution >= 0.6 is 24.0 Å². The Bertz CT molecular complexity index is 722. The molecule has 174 valence electrons. The van der Waals surface area contributed by atoms with Gasteiger partial charge in [0.15, 0.2) is 5.96 Å². The van der Waals surface area contributed by atoms with Crippen LogP contribution in [0.3, 0.4) is 0 Å². The summed E-state index contributed by atoms with van der Waals surface area (Å²) in [5.74, 6) is 1.67. The first kappa shape index (κ1) is 25.9. The molecule has 8 heteroatoms. The number of anilines is 1. The van der Waals surface area contributed by atoms with Crippen molar-refractivity contribution in [3.05, 3.63) is 29.8 Å². The van der Waals surface area contributed by atoms with E-state index < -0.39 is 0 Å². The van der Waals surface area contributed by atoms with Crippen LogP contribution in [0.1, 0.15) is 45.1 Å². The number of carbonyl (C=O) groups excluding carboxylic acids is 1. The second kappa shape index (κ2) is 13.2. The van der Waals surface area contributed by atoms with Crippen molar-refractivity contribution >= 4 is 41.5 Å². The molecule has 3 N–H and O–H groups in total. The van der Waals surface area contributed by atoms with E-state index in [1.807, 2.05) is 18.2 Å². The number of carbonyl (C=O) groups is 1. The molecule has 1 aromatic carbocycles.